The molecule has 0 spiro atoms. The Morgan fingerprint density at radius 3 is 2.40 bits per heavy atom. The number of ether oxygens (including phenoxy) is 1. The van der Waals surface area contributed by atoms with E-state index < -0.39 is 0 Å². The number of aryl methyl sites for hydroxylation is 2. The van der Waals surface area contributed by atoms with Gasteiger partial charge in [-0.25, -0.2) is 9.97 Å². The Hall–Kier alpha value is -1.14. The van der Waals surface area contributed by atoms with Crippen LogP contribution in [0, 0.1) is 20.8 Å². The lowest BCUT2D eigenvalue weighted by molar-refractivity contribution is -0.145. The zero-order valence-electron chi connectivity index (χ0n) is 12.8. The lowest BCUT2D eigenvalue weighted by Crippen LogP contribution is -2.36. The highest BCUT2D eigenvalue weighted by molar-refractivity contribution is 7.99. The highest BCUT2D eigenvalue weighted by atomic mass is 32.2. The minimum absolute atomic E-state index is 0.201. The minimum Gasteiger partial charge on any atom is -0.465 e. The van der Waals surface area contributed by atoms with E-state index in [9.17, 15) is 4.79 Å². The van der Waals surface area contributed by atoms with Crippen molar-refractivity contribution in [3.63, 3.8) is 0 Å². The van der Waals surface area contributed by atoms with Crippen LogP contribution in [0.15, 0.2) is 5.16 Å². The third kappa shape index (κ3) is 4.76. The maximum atomic E-state index is 11.6. The molecule has 1 heterocycles. The zero-order chi connectivity index (χ0) is 15.1. The first kappa shape index (κ1) is 16.9. The molecule has 0 amide bonds. The predicted molar refractivity (Wildman–Crippen MR) is 81.1 cm³/mol. The van der Waals surface area contributed by atoms with Crippen molar-refractivity contribution in [3.8, 4) is 0 Å². The lowest BCUT2D eigenvalue weighted by Gasteiger charge is -2.14. The van der Waals surface area contributed by atoms with E-state index in [2.05, 4.69) is 15.3 Å². The van der Waals surface area contributed by atoms with Gasteiger partial charge in [-0.3, -0.25) is 4.79 Å². The van der Waals surface area contributed by atoms with Gasteiger partial charge in [0.25, 0.3) is 0 Å². The number of aromatic nitrogens is 2. The molecule has 5 nitrogen and oxygen atoms in total. The van der Waals surface area contributed by atoms with Crippen LogP contribution in [0.2, 0.25) is 0 Å². The number of rotatable bonds is 7. The van der Waals surface area contributed by atoms with E-state index in [1.54, 1.807) is 18.8 Å². The molecule has 20 heavy (non-hydrogen) atoms. The molecule has 1 aromatic rings. The Bertz CT molecular complexity index is 443. The Balaban J connectivity index is 2.53. The summed E-state index contributed by atoms with van der Waals surface area (Å²) in [5.41, 5.74) is 3.15. The van der Waals surface area contributed by atoms with E-state index in [0.29, 0.717) is 13.0 Å². The van der Waals surface area contributed by atoms with Gasteiger partial charge in [-0.1, -0.05) is 11.8 Å². The predicted octanol–water partition coefficient (Wildman–Crippen LogP) is 2.04. The van der Waals surface area contributed by atoms with E-state index in [1.165, 1.54) is 0 Å². The minimum atomic E-state index is -0.268. The van der Waals surface area contributed by atoms with E-state index in [-0.39, 0.29) is 12.0 Å². The zero-order valence-corrected chi connectivity index (χ0v) is 13.6. The average molecular weight is 297 g/mol. The molecule has 1 N–H and O–H groups in total. The molecular formula is C14H23N3O2S. The van der Waals surface area contributed by atoms with Gasteiger partial charge < -0.3 is 10.1 Å². The van der Waals surface area contributed by atoms with Crippen molar-refractivity contribution in [2.45, 2.75) is 45.3 Å². The van der Waals surface area contributed by atoms with Crippen LogP contribution < -0.4 is 5.32 Å². The topological polar surface area (TPSA) is 64.1 Å². The van der Waals surface area contributed by atoms with Crippen LogP contribution in [-0.4, -0.2) is 41.4 Å². The third-order valence-electron chi connectivity index (χ3n) is 3.17. The van der Waals surface area contributed by atoms with Gasteiger partial charge in [-0.15, -0.1) is 0 Å². The molecule has 1 rings (SSSR count). The maximum Gasteiger partial charge on any atom is 0.323 e. The quantitative estimate of drug-likeness (QED) is 0.472. The van der Waals surface area contributed by atoms with Crippen molar-refractivity contribution >= 4 is 17.7 Å². The van der Waals surface area contributed by atoms with Crippen LogP contribution in [-0.2, 0) is 9.53 Å². The largest absolute Gasteiger partial charge is 0.465 e. The van der Waals surface area contributed by atoms with Gasteiger partial charge in [0.05, 0.1) is 6.61 Å². The van der Waals surface area contributed by atoms with E-state index in [1.807, 2.05) is 27.7 Å². The smallest absolute Gasteiger partial charge is 0.323 e. The molecule has 0 saturated heterocycles. The van der Waals surface area contributed by atoms with Crippen molar-refractivity contribution in [1.29, 1.82) is 0 Å². The molecule has 0 aliphatic carbocycles. The van der Waals surface area contributed by atoms with Crippen LogP contribution in [0.1, 0.15) is 30.3 Å². The average Bonchev–Trinajstić information content (AvgIpc) is 2.41. The Morgan fingerprint density at radius 2 is 1.90 bits per heavy atom. The summed E-state index contributed by atoms with van der Waals surface area (Å²) in [6.45, 7) is 8.22. The monoisotopic (exact) mass is 297 g/mol. The summed E-state index contributed by atoms with van der Waals surface area (Å²) in [6, 6.07) is -0.268. The molecule has 0 aromatic carbocycles. The standard InChI is InChI=1S/C14H23N3O2S/c1-6-19-13(18)12(15-5)7-8-20-14-16-10(3)9(2)11(4)17-14/h12,15H,6-8H2,1-5H3. The number of nitrogens with one attached hydrogen (secondary N) is 1. The summed E-state index contributed by atoms with van der Waals surface area (Å²) in [7, 11) is 1.77. The van der Waals surface area contributed by atoms with Crippen LogP contribution in [0.5, 0.6) is 0 Å². The number of carbonyl (C=O) groups is 1. The van der Waals surface area contributed by atoms with Gasteiger partial charge in [0, 0.05) is 17.1 Å². The summed E-state index contributed by atoms with van der Waals surface area (Å²) < 4.78 is 5.01. The summed E-state index contributed by atoms with van der Waals surface area (Å²) in [4.78, 5) is 20.5. The van der Waals surface area contributed by atoms with Crippen molar-refractivity contribution in [2.24, 2.45) is 0 Å². The fourth-order valence-electron chi connectivity index (χ4n) is 1.70. The number of hydrogen-bond donors (Lipinski definition) is 1. The van der Waals surface area contributed by atoms with E-state index in [0.717, 1.165) is 27.9 Å². The maximum absolute atomic E-state index is 11.6. The van der Waals surface area contributed by atoms with E-state index >= 15 is 0 Å². The lowest BCUT2D eigenvalue weighted by atomic mass is 10.2. The molecule has 0 aliphatic heterocycles. The highest BCUT2D eigenvalue weighted by Crippen LogP contribution is 2.18. The molecule has 1 aromatic heterocycles. The van der Waals surface area contributed by atoms with Gasteiger partial charge >= 0.3 is 5.97 Å². The van der Waals surface area contributed by atoms with Crippen molar-refractivity contribution in [3.05, 3.63) is 17.0 Å². The Labute approximate surface area is 124 Å². The summed E-state index contributed by atoms with van der Waals surface area (Å²) in [5.74, 6) is 0.569. The van der Waals surface area contributed by atoms with Crippen molar-refractivity contribution < 1.29 is 9.53 Å². The molecule has 0 aliphatic rings. The highest BCUT2D eigenvalue weighted by Gasteiger charge is 2.17. The number of hydrogen-bond acceptors (Lipinski definition) is 6. The van der Waals surface area contributed by atoms with Gasteiger partial charge in [-0.2, -0.15) is 0 Å². The van der Waals surface area contributed by atoms with Gasteiger partial charge in [0.1, 0.15) is 6.04 Å². The van der Waals surface area contributed by atoms with Crippen molar-refractivity contribution in [1.82, 2.24) is 15.3 Å². The molecule has 112 valence electrons. The molecule has 0 radical (unpaired) electrons. The van der Waals surface area contributed by atoms with Gasteiger partial charge in [0.2, 0.25) is 0 Å². The number of esters is 1. The molecule has 0 fully saturated rings. The van der Waals surface area contributed by atoms with Crippen LogP contribution in [0.4, 0.5) is 0 Å². The Kier molecular flexibility index (Phi) is 6.95. The normalized spacial score (nSPS) is 12.2. The number of likely N-dealkylation sites (N-methyl/N-ethyl adjacent to an activating group) is 1. The summed E-state index contributed by atoms with van der Waals surface area (Å²) in [5, 5.41) is 3.74. The number of carbonyl (C=O) groups excluding carboxylic acids is 1. The van der Waals surface area contributed by atoms with E-state index in [4.69, 9.17) is 4.74 Å². The fourth-order valence-corrected chi connectivity index (χ4v) is 2.64. The van der Waals surface area contributed by atoms with Crippen LogP contribution in [0.3, 0.4) is 0 Å². The molecule has 1 atom stereocenters. The van der Waals surface area contributed by atoms with Crippen LogP contribution in [0.25, 0.3) is 0 Å². The first-order valence-corrected chi connectivity index (χ1v) is 7.76. The molecular weight excluding hydrogens is 274 g/mol. The number of nitrogens with zero attached hydrogens (tertiary/aromatic N) is 2. The first-order chi connectivity index (χ1) is 9.49. The molecule has 6 heteroatoms. The van der Waals surface area contributed by atoms with Crippen molar-refractivity contribution in [2.75, 3.05) is 19.4 Å². The Morgan fingerprint density at radius 1 is 1.30 bits per heavy atom. The fraction of sp³-hybridized carbons (Fsp3) is 0.643. The SMILES string of the molecule is CCOC(=O)C(CCSc1nc(C)c(C)c(C)n1)NC. The number of thioether (sulfide) groups is 1. The second-order valence-corrected chi connectivity index (χ2v) is 5.59. The molecule has 0 saturated carbocycles. The first-order valence-electron chi connectivity index (χ1n) is 6.78. The summed E-state index contributed by atoms with van der Waals surface area (Å²) in [6.07, 6.45) is 0.690. The van der Waals surface area contributed by atoms with Crippen LogP contribution >= 0.6 is 11.8 Å². The third-order valence-corrected chi connectivity index (χ3v) is 4.05. The van der Waals surface area contributed by atoms with Gasteiger partial charge in [-0.05, 0) is 46.7 Å². The summed E-state index contributed by atoms with van der Waals surface area (Å²) >= 11 is 1.57. The van der Waals surface area contributed by atoms with Gasteiger partial charge in [0.15, 0.2) is 5.16 Å². The molecule has 1 unspecified atom stereocenters. The molecule has 0 bridgehead atoms. The second kappa shape index (κ2) is 8.21. The second-order valence-electron chi connectivity index (χ2n) is 4.53.